The first-order chi connectivity index (χ1) is 20.0. The third-order valence-electron chi connectivity index (χ3n) is 6.74. The number of hydrogen-bond donors (Lipinski definition) is 3. The largest absolute Gasteiger partial charge is 0.321 e. The fourth-order valence-corrected chi connectivity index (χ4v) is 4.84. The predicted octanol–water partition coefficient (Wildman–Crippen LogP) is 6.33. The van der Waals surface area contributed by atoms with Gasteiger partial charge in [0.25, 0.3) is 5.91 Å². The zero-order valence-corrected chi connectivity index (χ0v) is 21.7. The summed E-state index contributed by atoms with van der Waals surface area (Å²) in [5, 5.41) is 11.2. The lowest BCUT2D eigenvalue weighted by atomic mass is 10.0. The first-order valence-corrected chi connectivity index (χ1v) is 12.8. The van der Waals surface area contributed by atoms with Crippen LogP contribution in [0.2, 0.25) is 0 Å². The number of benzene rings is 2. The molecule has 7 aromatic rings. The molecule has 0 bridgehead atoms. The first kappa shape index (κ1) is 24.3. The van der Waals surface area contributed by atoms with Crippen LogP contribution >= 0.6 is 0 Å². The number of nitrogens with zero attached hydrogens (tertiary/aromatic N) is 5. The van der Waals surface area contributed by atoms with Gasteiger partial charge in [-0.15, -0.1) is 0 Å². The van der Waals surface area contributed by atoms with Crippen molar-refractivity contribution >= 4 is 33.7 Å². The van der Waals surface area contributed by atoms with Crippen molar-refractivity contribution in [2.45, 2.75) is 6.92 Å². The molecule has 0 spiro atoms. The molecule has 0 radical (unpaired) electrons. The zero-order chi connectivity index (χ0) is 27.9. The van der Waals surface area contributed by atoms with Crippen molar-refractivity contribution in [1.82, 2.24) is 35.1 Å². The van der Waals surface area contributed by atoms with Crippen LogP contribution in [0.15, 0.2) is 91.5 Å². The Balaban J connectivity index is 1.25. The van der Waals surface area contributed by atoms with E-state index in [1.165, 1.54) is 12.1 Å². The van der Waals surface area contributed by atoms with E-state index in [4.69, 9.17) is 4.98 Å². The van der Waals surface area contributed by atoms with E-state index < -0.39 is 0 Å². The Morgan fingerprint density at radius 1 is 0.927 bits per heavy atom. The van der Waals surface area contributed by atoms with Crippen molar-refractivity contribution < 1.29 is 9.18 Å². The van der Waals surface area contributed by atoms with Crippen LogP contribution in [0.4, 0.5) is 10.1 Å². The lowest BCUT2D eigenvalue weighted by Crippen LogP contribution is -2.11. The van der Waals surface area contributed by atoms with Gasteiger partial charge in [0.2, 0.25) is 0 Å². The molecule has 0 aliphatic carbocycles. The van der Waals surface area contributed by atoms with Gasteiger partial charge in [-0.1, -0.05) is 24.3 Å². The Morgan fingerprint density at radius 2 is 1.80 bits per heavy atom. The third kappa shape index (κ3) is 4.57. The van der Waals surface area contributed by atoms with E-state index in [2.05, 4.69) is 35.5 Å². The summed E-state index contributed by atoms with van der Waals surface area (Å²) in [4.78, 5) is 34.0. The Bertz CT molecular complexity index is 2060. The van der Waals surface area contributed by atoms with Crippen LogP contribution in [0.1, 0.15) is 15.9 Å². The Kier molecular flexibility index (Phi) is 5.78. The second-order valence-electron chi connectivity index (χ2n) is 9.63. The molecule has 1 amide bonds. The number of anilines is 1. The summed E-state index contributed by atoms with van der Waals surface area (Å²) in [6, 6.07) is 19.4. The molecule has 41 heavy (non-hydrogen) atoms. The molecule has 0 aliphatic heterocycles. The minimum atomic E-state index is -0.308. The number of hydrogen-bond acceptors (Lipinski definition) is 6. The highest BCUT2D eigenvalue weighted by atomic mass is 19.1. The quantitative estimate of drug-likeness (QED) is 0.234. The number of pyridine rings is 3. The second kappa shape index (κ2) is 9.76. The number of aryl methyl sites for hydroxylation is 1. The van der Waals surface area contributed by atoms with E-state index >= 15 is 0 Å². The topological polar surface area (TPSA) is 125 Å². The summed E-state index contributed by atoms with van der Waals surface area (Å²) in [5.41, 5.74) is 7.27. The molecule has 9 nitrogen and oxygen atoms in total. The molecule has 3 N–H and O–H groups in total. The normalized spacial score (nSPS) is 11.3. The molecular formula is C31H21FN8O. The minimum Gasteiger partial charge on any atom is -0.321 e. The van der Waals surface area contributed by atoms with Crippen molar-refractivity contribution in [3.63, 3.8) is 0 Å². The van der Waals surface area contributed by atoms with Gasteiger partial charge in [-0.05, 0) is 60.5 Å². The number of amides is 1. The van der Waals surface area contributed by atoms with Gasteiger partial charge in [-0.3, -0.25) is 19.9 Å². The highest BCUT2D eigenvalue weighted by molar-refractivity contribution is 6.04. The summed E-state index contributed by atoms with van der Waals surface area (Å²) >= 11 is 0. The SMILES string of the molecule is Cc1cc(F)cc(-c2ccnc3[nH]c(-c4n[nH]c5cnc(-c6cncc(NC(=O)c7ccccc7)c6)cc45)nc23)c1. The monoisotopic (exact) mass is 540 g/mol. The smallest absolute Gasteiger partial charge is 0.255 e. The van der Waals surface area contributed by atoms with Gasteiger partial charge in [0.15, 0.2) is 11.5 Å². The maximum atomic E-state index is 14.2. The van der Waals surface area contributed by atoms with Crippen molar-refractivity contribution in [1.29, 1.82) is 0 Å². The van der Waals surface area contributed by atoms with Crippen molar-refractivity contribution in [3.8, 4) is 33.9 Å². The average Bonchev–Trinajstić information content (AvgIpc) is 3.61. The summed E-state index contributed by atoms with van der Waals surface area (Å²) in [7, 11) is 0. The van der Waals surface area contributed by atoms with E-state index in [1.54, 1.807) is 36.9 Å². The molecular weight excluding hydrogens is 519 g/mol. The third-order valence-corrected chi connectivity index (χ3v) is 6.74. The molecule has 0 fully saturated rings. The molecule has 0 saturated heterocycles. The lowest BCUT2D eigenvalue weighted by molar-refractivity contribution is 0.102. The number of halogens is 1. The van der Waals surface area contributed by atoms with E-state index in [1.807, 2.05) is 49.4 Å². The molecule has 5 heterocycles. The van der Waals surface area contributed by atoms with E-state index in [0.29, 0.717) is 39.6 Å². The lowest BCUT2D eigenvalue weighted by Gasteiger charge is -2.07. The number of nitrogens with one attached hydrogen (secondary N) is 3. The molecule has 2 aromatic carbocycles. The van der Waals surface area contributed by atoms with Gasteiger partial charge in [0.1, 0.15) is 17.0 Å². The fraction of sp³-hybridized carbons (Fsp3) is 0.0323. The molecule has 0 unspecified atom stereocenters. The Morgan fingerprint density at radius 3 is 2.66 bits per heavy atom. The molecule has 198 valence electrons. The number of H-pyrrole nitrogens is 2. The second-order valence-corrected chi connectivity index (χ2v) is 9.63. The number of carbonyl (C=O) groups excluding carboxylic acids is 1. The standard InChI is InChI=1S/C31H21FN8O/c1-17-9-19(11-21(32)10-17)23-7-8-34-29-27(23)37-30(38-29)28-24-13-25(35-16-26(24)39-40-28)20-12-22(15-33-14-20)36-31(41)18-5-3-2-4-6-18/h2-16H,1H3,(H,36,41)(H,39,40)(H,34,37,38). The van der Waals surface area contributed by atoms with E-state index in [0.717, 1.165) is 33.2 Å². The molecule has 7 rings (SSSR count). The Hall–Kier alpha value is -5.77. The molecule has 0 saturated carbocycles. The van der Waals surface area contributed by atoms with Gasteiger partial charge in [0, 0.05) is 34.5 Å². The Labute approximate surface area is 232 Å². The summed E-state index contributed by atoms with van der Waals surface area (Å²) in [5.74, 6) is -0.0212. The molecule has 0 atom stereocenters. The van der Waals surface area contributed by atoms with Crippen LogP contribution in [0.5, 0.6) is 0 Å². The van der Waals surface area contributed by atoms with Crippen LogP contribution < -0.4 is 5.32 Å². The highest BCUT2D eigenvalue weighted by Crippen LogP contribution is 2.32. The zero-order valence-electron chi connectivity index (χ0n) is 21.7. The van der Waals surface area contributed by atoms with E-state index in [9.17, 15) is 9.18 Å². The van der Waals surface area contributed by atoms with Gasteiger partial charge >= 0.3 is 0 Å². The number of imidazole rings is 1. The number of fused-ring (bicyclic) bond motifs is 2. The summed E-state index contributed by atoms with van der Waals surface area (Å²) in [6.07, 6.45) is 6.63. The summed E-state index contributed by atoms with van der Waals surface area (Å²) < 4.78 is 14.2. The molecule has 5 aromatic heterocycles. The maximum Gasteiger partial charge on any atom is 0.255 e. The van der Waals surface area contributed by atoms with Crippen molar-refractivity contribution in [2.75, 3.05) is 5.32 Å². The molecule has 10 heteroatoms. The predicted molar refractivity (Wildman–Crippen MR) is 155 cm³/mol. The molecule has 0 aliphatic rings. The van der Waals surface area contributed by atoms with Gasteiger partial charge in [-0.2, -0.15) is 5.10 Å². The number of aromatic amines is 2. The van der Waals surface area contributed by atoms with Crippen LogP contribution in [0.25, 0.3) is 56.0 Å². The van der Waals surface area contributed by atoms with Crippen LogP contribution in [-0.2, 0) is 0 Å². The van der Waals surface area contributed by atoms with Crippen molar-refractivity contribution in [3.05, 3.63) is 108 Å². The maximum absolute atomic E-state index is 14.2. The first-order valence-electron chi connectivity index (χ1n) is 12.8. The minimum absolute atomic E-state index is 0.226. The van der Waals surface area contributed by atoms with Crippen molar-refractivity contribution in [2.24, 2.45) is 0 Å². The number of aromatic nitrogens is 7. The van der Waals surface area contributed by atoms with Crippen LogP contribution in [0, 0.1) is 12.7 Å². The fourth-order valence-electron chi connectivity index (χ4n) is 4.84. The van der Waals surface area contributed by atoms with Gasteiger partial charge < -0.3 is 10.3 Å². The average molecular weight is 541 g/mol. The van der Waals surface area contributed by atoms with Gasteiger partial charge in [0.05, 0.1) is 29.3 Å². The number of carbonyl (C=O) groups is 1. The number of rotatable bonds is 5. The highest BCUT2D eigenvalue weighted by Gasteiger charge is 2.17. The van der Waals surface area contributed by atoms with E-state index in [-0.39, 0.29) is 11.7 Å². The van der Waals surface area contributed by atoms with Crippen LogP contribution in [0.3, 0.4) is 0 Å². The van der Waals surface area contributed by atoms with Gasteiger partial charge in [-0.25, -0.2) is 14.4 Å². The van der Waals surface area contributed by atoms with Crippen LogP contribution in [-0.4, -0.2) is 41.0 Å². The summed E-state index contributed by atoms with van der Waals surface area (Å²) in [6.45, 7) is 1.85.